The first-order valence-electron chi connectivity index (χ1n) is 9.95. The Morgan fingerprint density at radius 2 is 1.70 bits per heavy atom. The molecule has 0 aliphatic heterocycles. The lowest BCUT2D eigenvalue weighted by molar-refractivity contribution is -0.115. The molecule has 1 aliphatic carbocycles. The highest BCUT2D eigenvalue weighted by Gasteiger charge is 2.30. The predicted octanol–water partition coefficient (Wildman–Crippen LogP) is 2.83. The lowest BCUT2D eigenvalue weighted by Crippen LogP contribution is -2.24. The van der Waals surface area contributed by atoms with E-state index in [0.717, 1.165) is 12.8 Å². The fraction of sp³-hybridized carbons (Fsp3) is 0.318. The lowest BCUT2D eigenvalue weighted by Gasteiger charge is -2.12. The van der Waals surface area contributed by atoms with E-state index < -0.39 is 9.84 Å². The molecule has 0 unspecified atom stereocenters. The van der Waals surface area contributed by atoms with Gasteiger partial charge in [-0.3, -0.25) is 9.59 Å². The molecule has 1 N–H and O–H groups in total. The number of nitrogens with zero attached hydrogens (tertiary/aromatic N) is 2. The summed E-state index contributed by atoms with van der Waals surface area (Å²) >= 11 is 0. The van der Waals surface area contributed by atoms with E-state index in [2.05, 4.69) is 10.4 Å². The number of aromatic nitrogens is 2. The number of aryl methyl sites for hydroxylation is 1. The zero-order chi connectivity index (χ0) is 21.3. The van der Waals surface area contributed by atoms with Crippen LogP contribution in [0.5, 0.6) is 0 Å². The Morgan fingerprint density at radius 1 is 1.07 bits per heavy atom. The molecule has 2 aromatic carbocycles. The van der Waals surface area contributed by atoms with Crippen molar-refractivity contribution in [3.63, 3.8) is 0 Å². The van der Waals surface area contributed by atoms with Gasteiger partial charge in [-0.05, 0) is 43.2 Å². The molecule has 156 valence electrons. The summed E-state index contributed by atoms with van der Waals surface area (Å²) in [5, 5.41) is 7.87. The van der Waals surface area contributed by atoms with Crippen LogP contribution in [0, 0.1) is 0 Å². The highest BCUT2D eigenvalue weighted by Crippen LogP contribution is 2.30. The Morgan fingerprint density at radius 3 is 2.37 bits per heavy atom. The van der Waals surface area contributed by atoms with E-state index in [1.54, 1.807) is 55.6 Å². The second kappa shape index (κ2) is 8.02. The molecule has 1 fully saturated rings. The number of amides is 1. The monoisotopic (exact) mass is 425 g/mol. The molecule has 0 spiro atoms. The molecule has 4 rings (SSSR count). The van der Waals surface area contributed by atoms with Crippen LogP contribution in [0.2, 0.25) is 0 Å². The topological polar surface area (TPSA) is 98.1 Å². The minimum absolute atomic E-state index is 0.00322. The largest absolute Gasteiger partial charge is 0.326 e. The Labute approximate surface area is 174 Å². The van der Waals surface area contributed by atoms with Crippen molar-refractivity contribution in [2.24, 2.45) is 7.05 Å². The Balaban J connectivity index is 1.51. The second-order valence-corrected chi connectivity index (χ2v) is 9.85. The molecule has 0 radical (unpaired) electrons. The van der Waals surface area contributed by atoms with Crippen molar-refractivity contribution < 1.29 is 13.2 Å². The molecule has 0 saturated heterocycles. The maximum Gasteiger partial charge on any atom is 0.274 e. The summed E-state index contributed by atoms with van der Waals surface area (Å²) in [4.78, 5) is 25.1. The van der Waals surface area contributed by atoms with Crippen LogP contribution in [-0.4, -0.2) is 29.4 Å². The normalized spacial score (nSPS) is 14.8. The Hall–Kier alpha value is -3.00. The molecule has 3 aromatic rings. The van der Waals surface area contributed by atoms with Gasteiger partial charge in [-0.25, -0.2) is 13.1 Å². The van der Waals surface area contributed by atoms with Gasteiger partial charge >= 0.3 is 0 Å². The molecular formula is C22H23N3O4S. The number of anilines is 1. The third-order valence-electron chi connectivity index (χ3n) is 5.57. The van der Waals surface area contributed by atoms with Gasteiger partial charge in [-0.15, -0.1) is 0 Å². The van der Waals surface area contributed by atoms with Crippen LogP contribution >= 0.6 is 0 Å². The van der Waals surface area contributed by atoms with Crippen molar-refractivity contribution in [3.8, 4) is 0 Å². The summed E-state index contributed by atoms with van der Waals surface area (Å²) < 4.78 is 26.6. The van der Waals surface area contributed by atoms with Gasteiger partial charge < -0.3 is 5.32 Å². The van der Waals surface area contributed by atoms with E-state index in [4.69, 9.17) is 0 Å². The van der Waals surface area contributed by atoms with Crippen LogP contribution in [0.25, 0.3) is 10.8 Å². The summed E-state index contributed by atoms with van der Waals surface area (Å²) in [7, 11) is -1.77. The molecule has 1 aliphatic rings. The summed E-state index contributed by atoms with van der Waals surface area (Å²) in [5.74, 6) is -0.294. The standard InChI is InChI=1S/C22H23N3O4S/c1-25-22(27)19-9-5-4-8-18(19)20(24-25)14-21(26)23-15-10-12-17(13-11-15)30(28,29)16-6-2-3-7-16/h4-5,8-13,16H,2-3,6-7,14H2,1H3,(H,23,26). The minimum atomic E-state index is -3.32. The van der Waals surface area contributed by atoms with Crippen molar-refractivity contribution >= 4 is 32.2 Å². The number of hydrogen-bond acceptors (Lipinski definition) is 5. The van der Waals surface area contributed by atoms with Gasteiger partial charge in [0.15, 0.2) is 9.84 Å². The van der Waals surface area contributed by atoms with Crippen LogP contribution in [0.4, 0.5) is 5.69 Å². The van der Waals surface area contributed by atoms with E-state index >= 15 is 0 Å². The van der Waals surface area contributed by atoms with Gasteiger partial charge in [0.2, 0.25) is 5.91 Å². The number of sulfone groups is 1. The third-order valence-corrected chi connectivity index (χ3v) is 7.85. The zero-order valence-corrected chi connectivity index (χ0v) is 17.5. The molecule has 1 aromatic heterocycles. The van der Waals surface area contributed by atoms with E-state index in [1.807, 2.05) is 0 Å². The maximum absolute atomic E-state index is 12.7. The molecule has 1 saturated carbocycles. The van der Waals surface area contributed by atoms with Crippen LogP contribution in [0.3, 0.4) is 0 Å². The van der Waals surface area contributed by atoms with Gasteiger partial charge in [0.25, 0.3) is 5.56 Å². The van der Waals surface area contributed by atoms with Gasteiger partial charge in [0, 0.05) is 18.1 Å². The summed E-state index contributed by atoms with van der Waals surface area (Å²) in [5.41, 5.74) is 0.805. The average molecular weight is 426 g/mol. The van der Waals surface area contributed by atoms with Crippen LogP contribution in [0.1, 0.15) is 31.4 Å². The van der Waals surface area contributed by atoms with Crippen molar-refractivity contribution in [2.75, 3.05) is 5.32 Å². The molecule has 7 nitrogen and oxygen atoms in total. The zero-order valence-electron chi connectivity index (χ0n) is 16.7. The first-order valence-corrected chi connectivity index (χ1v) is 11.5. The molecule has 1 heterocycles. The number of carbonyl (C=O) groups excluding carboxylic acids is 1. The molecule has 30 heavy (non-hydrogen) atoms. The first-order chi connectivity index (χ1) is 14.4. The Bertz CT molecular complexity index is 1260. The molecule has 0 atom stereocenters. The van der Waals surface area contributed by atoms with Crippen molar-refractivity contribution in [1.29, 1.82) is 0 Å². The lowest BCUT2D eigenvalue weighted by atomic mass is 10.1. The second-order valence-electron chi connectivity index (χ2n) is 7.62. The van der Waals surface area contributed by atoms with Crippen molar-refractivity contribution in [3.05, 3.63) is 64.6 Å². The third kappa shape index (κ3) is 3.87. The molecule has 1 amide bonds. The Kier molecular flexibility index (Phi) is 5.42. The summed E-state index contributed by atoms with van der Waals surface area (Å²) in [6, 6.07) is 13.4. The number of carbonyl (C=O) groups is 1. The van der Waals surface area contributed by atoms with Crippen LogP contribution < -0.4 is 10.9 Å². The summed E-state index contributed by atoms with van der Waals surface area (Å²) in [6.45, 7) is 0. The van der Waals surface area contributed by atoms with E-state index in [0.29, 0.717) is 35.0 Å². The quantitative estimate of drug-likeness (QED) is 0.678. The fourth-order valence-corrected chi connectivity index (χ4v) is 5.84. The smallest absolute Gasteiger partial charge is 0.274 e. The van der Waals surface area contributed by atoms with E-state index in [1.165, 1.54) is 4.68 Å². The number of rotatable bonds is 5. The SMILES string of the molecule is Cn1nc(CC(=O)Nc2ccc(S(=O)(=O)C3CCCC3)cc2)c2ccccc2c1=O. The molecule has 0 bridgehead atoms. The van der Waals surface area contributed by atoms with Gasteiger partial charge in [0.05, 0.1) is 27.6 Å². The maximum atomic E-state index is 12.7. The van der Waals surface area contributed by atoms with Gasteiger partial charge in [0.1, 0.15) is 0 Å². The fourth-order valence-electron chi connectivity index (χ4n) is 3.98. The first kappa shape index (κ1) is 20.3. The van der Waals surface area contributed by atoms with Crippen LogP contribution in [-0.2, 0) is 28.1 Å². The number of fused-ring (bicyclic) bond motifs is 1. The molecule has 8 heteroatoms. The molecular weight excluding hydrogens is 402 g/mol. The predicted molar refractivity (Wildman–Crippen MR) is 115 cm³/mol. The van der Waals surface area contributed by atoms with Gasteiger partial charge in [-0.2, -0.15) is 5.10 Å². The highest BCUT2D eigenvalue weighted by molar-refractivity contribution is 7.92. The van der Waals surface area contributed by atoms with E-state index in [-0.39, 0.29) is 28.0 Å². The average Bonchev–Trinajstić information content (AvgIpc) is 3.28. The van der Waals surface area contributed by atoms with Crippen LogP contribution in [0.15, 0.2) is 58.2 Å². The van der Waals surface area contributed by atoms with E-state index in [9.17, 15) is 18.0 Å². The van der Waals surface area contributed by atoms with Gasteiger partial charge in [-0.1, -0.05) is 31.0 Å². The number of hydrogen-bond donors (Lipinski definition) is 1. The van der Waals surface area contributed by atoms with Crippen molar-refractivity contribution in [1.82, 2.24) is 9.78 Å². The van der Waals surface area contributed by atoms with Crippen molar-refractivity contribution in [2.45, 2.75) is 42.2 Å². The summed E-state index contributed by atoms with van der Waals surface area (Å²) in [6.07, 6.45) is 3.32. The number of nitrogens with one attached hydrogen (secondary N) is 1. The highest BCUT2D eigenvalue weighted by atomic mass is 32.2. The number of benzene rings is 2. The minimum Gasteiger partial charge on any atom is -0.326 e.